The van der Waals surface area contributed by atoms with E-state index in [0.29, 0.717) is 6.54 Å². The summed E-state index contributed by atoms with van der Waals surface area (Å²) in [5.74, 6) is 0.266. The third-order valence-corrected chi connectivity index (χ3v) is 6.69. The van der Waals surface area contributed by atoms with Crippen LogP contribution in [0.1, 0.15) is 25.0 Å². The van der Waals surface area contributed by atoms with Crippen molar-refractivity contribution in [3.8, 4) is 0 Å². The molecular formula is C23H37N5O2. The van der Waals surface area contributed by atoms with Crippen molar-refractivity contribution in [2.24, 2.45) is 0 Å². The molecule has 2 fully saturated rings. The van der Waals surface area contributed by atoms with Gasteiger partial charge in [0.2, 0.25) is 11.8 Å². The minimum atomic E-state index is -0.0934. The summed E-state index contributed by atoms with van der Waals surface area (Å²) in [4.78, 5) is 34.2. The third-order valence-electron chi connectivity index (χ3n) is 6.69. The monoisotopic (exact) mass is 415 g/mol. The molecule has 1 N–H and O–H groups in total. The zero-order valence-corrected chi connectivity index (χ0v) is 19.0. The Balaban J connectivity index is 1.43. The highest BCUT2D eigenvalue weighted by atomic mass is 16.2. The van der Waals surface area contributed by atoms with Gasteiger partial charge in [0.1, 0.15) is 0 Å². The Labute approximate surface area is 181 Å². The fourth-order valence-electron chi connectivity index (χ4n) is 4.29. The number of anilines is 1. The average molecular weight is 416 g/mol. The highest BCUT2D eigenvalue weighted by Gasteiger charge is 2.30. The Morgan fingerprint density at radius 2 is 1.60 bits per heavy atom. The lowest BCUT2D eigenvalue weighted by molar-refractivity contribution is -0.139. The van der Waals surface area contributed by atoms with Gasteiger partial charge < -0.3 is 15.1 Å². The van der Waals surface area contributed by atoms with Crippen molar-refractivity contribution in [3.05, 3.63) is 29.3 Å². The van der Waals surface area contributed by atoms with Crippen molar-refractivity contribution in [3.63, 3.8) is 0 Å². The molecule has 0 saturated carbocycles. The Bertz CT molecular complexity index is 737. The molecule has 2 amide bonds. The van der Waals surface area contributed by atoms with Crippen molar-refractivity contribution >= 4 is 17.5 Å². The number of amides is 2. The van der Waals surface area contributed by atoms with Crippen LogP contribution in [0, 0.1) is 13.8 Å². The minimum absolute atomic E-state index is 0.0232. The lowest BCUT2D eigenvalue weighted by Gasteiger charge is -2.40. The maximum absolute atomic E-state index is 12.9. The quantitative estimate of drug-likeness (QED) is 0.761. The molecule has 0 bridgehead atoms. The number of nitrogens with one attached hydrogen (secondary N) is 1. The molecule has 7 heteroatoms. The second-order valence-electron chi connectivity index (χ2n) is 8.54. The van der Waals surface area contributed by atoms with E-state index in [2.05, 4.69) is 39.9 Å². The highest BCUT2D eigenvalue weighted by Crippen LogP contribution is 2.18. The van der Waals surface area contributed by atoms with Crippen LogP contribution in [0.15, 0.2) is 18.2 Å². The van der Waals surface area contributed by atoms with Crippen LogP contribution in [0.4, 0.5) is 5.69 Å². The number of hydrogen-bond acceptors (Lipinski definition) is 5. The molecular weight excluding hydrogens is 378 g/mol. The summed E-state index contributed by atoms with van der Waals surface area (Å²) in [6.45, 7) is 16.6. The highest BCUT2D eigenvalue weighted by molar-refractivity contribution is 5.93. The van der Waals surface area contributed by atoms with Gasteiger partial charge in [0.15, 0.2) is 0 Å². The average Bonchev–Trinajstić information content (AvgIpc) is 2.76. The van der Waals surface area contributed by atoms with Gasteiger partial charge in [-0.2, -0.15) is 0 Å². The summed E-state index contributed by atoms with van der Waals surface area (Å²) in [5.41, 5.74) is 3.18. The number of benzene rings is 1. The molecule has 1 aromatic rings. The third kappa shape index (κ3) is 5.59. The largest absolute Gasteiger partial charge is 0.339 e. The molecule has 2 heterocycles. The predicted octanol–water partition coefficient (Wildman–Crippen LogP) is 1.41. The number of carbonyl (C=O) groups is 2. The molecule has 30 heavy (non-hydrogen) atoms. The van der Waals surface area contributed by atoms with Crippen LogP contribution < -0.4 is 5.32 Å². The van der Waals surface area contributed by atoms with Crippen molar-refractivity contribution in [2.45, 2.75) is 33.7 Å². The lowest BCUT2D eigenvalue weighted by atomic mass is 10.1. The minimum Gasteiger partial charge on any atom is -0.339 e. The zero-order valence-electron chi connectivity index (χ0n) is 19.0. The maximum Gasteiger partial charge on any atom is 0.239 e. The van der Waals surface area contributed by atoms with Crippen LogP contribution in [-0.4, -0.2) is 103 Å². The number of aryl methyl sites for hydroxylation is 1. The topological polar surface area (TPSA) is 59.1 Å². The van der Waals surface area contributed by atoms with Gasteiger partial charge in [-0.25, -0.2) is 0 Å². The fourth-order valence-corrected chi connectivity index (χ4v) is 4.29. The molecule has 2 aliphatic heterocycles. The van der Waals surface area contributed by atoms with E-state index in [1.54, 1.807) is 0 Å². The molecule has 0 spiro atoms. The first-order chi connectivity index (χ1) is 14.4. The van der Waals surface area contributed by atoms with Gasteiger partial charge >= 0.3 is 0 Å². The molecule has 3 rings (SSSR count). The normalized spacial score (nSPS) is 20.2. The molecule has 2 aliphatic rings. The van der Waals surface area contributed by atoms with Crippen molar-refractivity contribution in [2.75, 3.05) is 70.8 Å². The molecule has 0 aliphatic carbocycles. The number of hydrogen-bond donors (Lipinski definition) is 1. The summed E-state index contributed by atoms with van der Waals surface area (Å²) in [6, 6.07) is 5.88. The molecule has 0 aromatic heterocycles. The van der Waals surface area contributed by atoms with E-state index in [9.17, 15) is 9.59 Å². The Morgan fingerprint density at radius 1 is 0.967 bits per heavy atom. The van der Waals surface area contributed by atoms with Gasteiger partial charge in [-0.3, -0.25) is 19.4 Å². The second kappa shape index (κ2) is 10.4. The van der Waals surface area contributed by atoms with Crippen LogP contribution in [-0.2, 0) is 9.59 Å². The van der Waals surface area contributed by atoms with E-state index in [4.69, 9.17) is 0 Å². The summed E-state index contributed by atoms with van der Waals surface area (Å²) in [5, 5.41) is 3.04. The van der Waals surface area contributed by atoms with Crippen molar-refractivity contribution in [1.82, 2.24) is 19.6 Å². The number of nitrogens with zero attached hydrogens (tertiary/aromatic N) is 4. The van der Waals surface area contributed by atoms with Gasteiger partial charge in [-0.15, -0.1) is 0 Å². The summed E-state index contributed by atoms with van der Waals surface area (Å²) >= 11 is 0. The van der Waals surface area contributed by atoms with E-state index in [1.807, 2.05) is 30.9 Å². The van der Waals surface area contributed by atoms with E-state index in [1.165, 1.54) is 5.56 Å². The van der Waals surface area contributed by atoms with Gasteiger partial charge in [0, 0.05) is 58.0 Å². The summed E-state index contributed by atoms with van der Waals surface area (Å²) in [6.07, 6.45) is 0. The SMILES string of the molecule is CCN1CCN(C(=O)C(C)N2CCN(CC(=O)Nc3cccc(C)c3C)CC2)CC1. The van der Waals surface area contributed by atoms with Crippen molar-refractivity contribution < 1.29 is 9.59 Å². The van der Waals surface area contributed by atoms with E-state index in [-0.39, 0.29) is 17.9 Å². The van der Waals surface area contributed by atoms with Crippen molar-refractivity contribution in [1.29, 1.82) is 0 Å². The molecule has 1 atom stereocenters. The Morgan fingerprint density at radius 3 is 2.23 bits per heavy atom. The van der Waals surface area contributed by atoms with Crippen LogP contribution in [0.3, 0.4) is 0 Å². The summed E-state index contributed by atoms with van der Waals surface area (Å²) in [7, 11) is 0. The molecule has 2 saturated heterocycles. The van der Waals surface area contributed by atoms with Gasteiger partial charge in [0.05, 0.1) is 12.6 Å². The maximum atomic E-state index is 12.9. The van der Waals surface area contributed by atoms with Crippen LogP contribution in [0.25, 0.3) is 0 Å². The van der Waals surface area contributed by atoms with Gasteiger partial charge in [-0.05, 0) is 44.5 Å². The lowest BCUT2D eigenvalue weighted by Crippen LogP contribution is -2.57. The van der Waals surface area contributed by atoms with Crippen LogP contribution in [0.2, 0.25) is 0 Å². The molecule has 166 valence electrons. The first kappa shape index (κ1) is 22.7. The zero-order chi connectivity index (χ0) is 21.7. The predicted molar refractivity (Wildman–Crippen MR) is 121 cm³/mol. The number of rotatable bonds is 6. The van der Waals surface area contributed by atoms with Gasteiger partial charge in [-0.1, -0.05) is 19.1 Å². The fraction of sp³-hybridized carbons (Fsp3) is 0.652. The van der Waals surface area contributed by atoms with E-state index < -0.39 is 0 Å². The van der Waals surface area contributed by atoms with Gasteiger partial charge in [0.25, 0.3) is 0 Å². The smallest absolute Gasteiger partial charge is 0.239 e. The first-order valence-electron chi connectivity index (χ1n) is 11.2. The number of likely N-dealkylation sites (N-methyl/N-ethyl adjacent to an activating group) is 1. The Hall–Kier alpha value is -1.96. The Kier molecular flexibility index (Phi) is 7.86. The van der Waals surface area contributed by atoms with E-state index in [0.717, 1.165) is 70.2 Å². The molecule has 0 radical (unpaired) electrons. The van der Waals surface area contributed by atoms with E-state index >= 15 is 0 Å². The standard InChI is InChI=1S/C23H37N5O2/c1-5-25-9-15-28(16-10-25)23(30)20(4)27-13-11-26(12-14-27)17-22(29)24-21-8-6-7-18(2)19(21)3/h6-8,20H,5,9-17H2,1-4H3,(H,24,29). The van der Waals surface area contributed by atoms with Crippen LogP contribution in [0.5, 0.6) is 0 Å². The first-order valence-corrected chi connectivity index (χ1v) is 11.2. The molecule has 1 unspecified atom stereocenters. The number of piperazine rings is 2. The second-order valence-corrected chi connectivity index (χ2v) is 8.54. The summed E-state index contributed by atoms with van der Waals surface area (Å²) < 4.78 is 0. The molecule has 7 nitrogen and oxygen atoms in total. The van der Waals surface area contributed by atoms with Crippen LogP contribution >= 0.6 is 0 Å². The number of carbonyl (C=O) groups excluding carboxylic acids is 2. The molecule has 1 aromatic carbocycles.